The van der Waals surface area contributed by atoms with E-state index in [-0.39, 0.29) is 5.95 Å². The van der Waals surface area contributed by atoms with Crippen LogP contribution >= 0.6 is 0 Å². The number of hydrogen-bond donors (Lipinski definition) is 1. The summed E-state index contributed by atoms with van der Waals surface area (Å²) < 4.78 is 1.54. The van der Waals surface area contributed by atoms with E-state index in [1.54, 1.807) is 6.20 Å². The number of rotatable bonds is 1. The molecule has 66 valence electrons. The highest BCUT2D eigenvalue weighted by Crippen LogP contribution is 2.03. The number of nitrogen functional groups attached to an aromatic ring is 1. The molecule has 0 atom stereocenters. The van der Waals surface area contributed by atoms with Crippen LogP contribution in [0.2, 0.25) is 0 Å². The van der Waals surface area contributed by atoms with E-state index in [0.717, 1.165) is 11.4 Å². The second-order valence-corrected chi connectivity index (χ2v) is 2.74. The van der Waals surface area contributed by atoms with E-state index in [0.29, 0.717) is 0 Å². The van der Waals surface area contributed by atoms with Gasteiger partial charge in [-0.2, -0.15) is 0 Å². The van der Waals surface area contributed by atoms with Crippen LogP contribution < -0.4 is 5.73 Å². The summed E-state index contributed by atoms with van der Waals surface area (Å²) in [6, 6.07) is 3.82. The molecule has 13 heavy (non-hydrogen) atoms. The first kappa shape index (κ1) is 7.72. The molecule has 5 heteroatoms. The van der Waals surface area contributed by atoms with Crippen molar-refractivity contribution in [3.8, 4) is 5.82 Å². The summed E-state index contributed by atoms with van der Waals surface area (Å²) >= 11 is 0. The van der Waals surface area contributed by atoms with Gasteiger partial charge >= 0.3 is 0 Å². The van der Waals surface area contributed by atoms with E-state index in [2.05, 4.69) is 15.1 Å². The summed E-state index contributed by atoms with van der Waals surface area (Å²) in [5, 5.41) is 3.93. The van der Waals surface area contributed by atoms with Crippen LogP contribution in [0.5, 0.6) is 0 Å². The second-order valence-electron chi connectivity index (χ2n) is 2.74. The van der Waals surface area contributed by atoms with E-state index in [9.17, 15) is 0 Å². The third-order valence-corrected chi connectivity index (χ3v) is 1.64. The number of nitrogens with zero attached hydrogens (tertiary/aromatic N) is 4. The quantitative estimate of drug-likeness (QED) is 0.687. The Labute approximate surface area is 75.2 Å². The van der Waals surface area contributed by atoms with Crippen molar-refractivity contribution in [1.29, 1.82) is 0 Å². The van der Waals surface area contributed by atoms with Gasteiger partial charge in [0.25, 0.3) is 0 Å². The summed E-state index contributed by atoms with van der Waals surface area (Å²) in [5.74, 6) is 0.970. The lowest BCUT2D eigenvalue weighted by molar-refractivity contribution is 0.847. The molecule has 0 amide bonds. The SMILES string of the molecule is Cc1ccc(-n2cnc(N)n2)nc1. The lowest BCUT2D eigenvalue weighted by atomic mass is 10.3. The number of hydrogen-bond acceptors (Lipinski definition) is 4. The molecule has 0 bridgehead atoms. The first-order valence-corrected chi connectivity index (χ1v) is 3.86. The van der Waals surface area contributed by atoms with Crippen LogP contribution in [0.3, 0.4) is 0 Å². The van der Waals surface area contributed by atoms with Crippen molar-refractivity contribution in [3.63, 3.8) is 0 Å². The van der Waals surface area contributed by atoms with E-state index in [1.165, 1.54) is 11.0 Å². The fraction of sp³-hybridized carbons (Fsp3) is 0.125. The molecule has 0 aliphatic carbocycles. The Morgan fingerprint density at radius 1 is 1.31 bits per heavy atom. The highest BCUT2D eigenvalue weighted by Gasteiger charge is 1.99. The van der Waals surface area contributed by atoms with Crippen LogP contribution in [0.1, 0.15) is 5.56 Å². The fourth-order valence-electron chi connectivity index (χ4n) is 0.982. The zero-order valence-corrected chi connectivity index (χ0v) is 7.18. The van der Waals surface area contributed by atoms with Crippen molar-refractivity contribution in [2.45, 2.75) is 6.92 Å². The van der Waals surface area contributed by atoms with E-state index in [4.69, 9.17) is 5.73 Å². The third-order valence-electron chi connectivity index (χ3n) is 1.64. The predicted octanol–water partition coefficient (Wildman–Crippen LogP) is 0.553. The summed E-state index contributed by atoms with van der Waals surface area (Å²) in [6.45, 7) is 1.98. The second kappa shape index (κ2) is 2.85. The summed E-state index contributed by atoms with van der Waals surface area (Å²) in [6.07, 6.45) is 3.31. The van der Waals surface area contributed by atoms with Crippen LogP contribution in [0.15, 0.2) is 24.7 Å². The zero-order chi connectivity index (χ0) is 9.26. The molecule has 0 radical (unpaired) electrons. The molecular weight excluding hydrogens is 166 g/mol. The van der Waals surface area contributed by atoms with Crippen LogP contribution in [-0.2, 0) is 0 Å². The molecule has 2 aromatic heterocycles. The van der Waals surface area contributed by atoms with Crippen LogP contribution in [0, 0.1) is 6.92 Å². The van der Waals surface area contributed by atoms with Gasteiger partial charge in [-0.25, -0.2) is 14.6 Å². The molecule has 2 N–H and O–H groups in total. The maximum absolute atomic E-state index is 5.38. The standard InChI is InChI=1S/C8H9N5/c1-6-2-3-7(10-4-6)13-5-11-8(9)12-13/h2-5H,1H3,(H2,9,12). The fourth-order valence-corrected chi connectivity index (χ4v) is 0.982. The first-order valence-electron chi connectivity index (χ1n) is 3.86. The van der Waals surface area contributed by atoms with E-state index < -0.39 is 0 Å². The van der Waals surface area contributed by atoms with Crippen LogP contribution in [0.25, 0.3) is 5.82 Å². The Hall–Kier alpha value is -1.91. The van der Waals surface area contributed by atoms with Gasteiger partial charge in [-0.15, -0.1) is 5.10 Å². The number of aromatic nitrogens is 4. The molecule has 0 saturated carbocycles. The van der Waals surface area contributed by atoms with E-state index in [1.807, 2.05) is 19.1 Å². The highest BCUT2D eigenvalue weighted by atomic mass is 15.4. The van der Waals surface area contributed by atoms with Crippen molar-refractivity contribution < 1.29 is 0 Å². The number of anilines is 1. The van der Waals surface area contributed by atoms with Crippen molar-refractivity contribution in [2.24, 2.45) is 0 Å². The van der Waals surface area contributed by atoms with Crippen LogP contribution in [0.4, 0.5) is 5.95 Å². The van der Waals surface area contributed by atoms with Crippen LogP contribution in [-0.4, -0.2) is 19.7 Å². The van der Waals surface area contributed by atoms with Gasteiger partial charge in [0, 0.05) is 6.20 Å². The van der Waals surface area contributed by atoms with Crippen molar-refractivity contribution in [3.05, 3.63) is 30.2 Å². The Kier molecular flexibility index (Phi) is 1.70. The molecule has 0 aliphatic rings. The Morgan fingerprint density at radius 3 is 2.69 bits per heavy atom. The monoisotopic (exact) mass is 175 g/mol. The highest BCUT2D eigenvalue weighted by molar-refractivity contribution is 5.25. The van der Waals surface area contributed by atoms with Crippen molar-refractivity contribution in [1.82, 2.24) is 19.7 Å². The van der Waals surface area contributed by atoms with Gasteiger partial charge in [0.05, 0.1) is 0 Å². The Morgan fingerprint density at radius 2 is 2.15 bits per heavy atom. The smallest absolute Gasteiger partial charge is 0.239 e. The molecule has 0 aliphatic heterocycles. The Bertz CT molecular complexity index is 403. The van der Waals surface area contributed by atoms with Crippen molar-refractivity contribution >= 4 is 5.95 Å². The maximum atomic E-state index is 5.38. The normalized spacial score (nSPS) is 10.2. The van der Waals surface area contributed by atoms with Gasteiger partial charge in [0.15, 0.2) is 5.82 Å². The summed E-state index contributed by atoms with van der Waals surface area (Å²) in [5.41, 5.74) is 6.48. The lowest BCUT2D eigenvalue weighted by Crippen LogP contribution is -1.98. The minimum atomic E-state index is 0.252. The number of aryl methyl sites for hydroxylation is 1. The zero-order valence-electron chi connectivity index (χ0n) is 7.18. The molecule has 5 nitrogen and oxygen atoms in total. The number of pyridine rings is 1. The molecule has 0 unspecified atom stereocenters. The average molecular weight is 175 g/mol. The molecule has 0 aromatic carbocycles. The predicted molar refractivity (Wildman–Crippen MR) is 48.3 cm³/mol. The molecule has 0 spiro atoms. The number of nitrogens with two attached hydrogens (primary N) is 1. The van der Waals surface area contributed by atoms with Gasteiger partial charge in [-0.1, -0.05) is 6.07 Å². The molecular formula is C8H9N5. The summed E-state index contributed by atoms with van der Waals surface area (Å²) in [4.78, 5) is 7.97. The van der Waals surface area contributed by atoms with Gasteiger partial charge in [-0.05, 0) is 18.6 Å². The minimum absolute atomic E-state index is 0.252. The largest absolute Gasteiger partial charge is 0.366 e. The van der Waals surface area contributed by atoms with Crippen molar-refractivity contribution in [2.75, 3.05) is 5.73 Å². The van der Waals surface area contributed by atoms with Gasteiger partial charge in [0.1, 0.15) is 6.33 Å². The molecule has 0 saturated heterocycles. The molecule has 2 rings (SSSR count). The minimum Gasteiger partial charge on any atom is -0.366 e. The third kappa shape index (κ3) is 1.48. The average Bonchev–Trinajstić information content (AvgIpc) is 2.53. The topological polar surface area (TPSA) is 69.6 Å². The molecule has 2 heterocycles. The lowest BCUT2D eigenvalue weighted by Gasteiger charge is -1.97. The summed E-state index contributed by atoms with van der Waals surface area (Å²) in [7, 11) is 0. The Balaban J connectivity index is 2.41. The first-order chi connectivity index (χ1) is 6.25. The van der Waals surface area contributed by atoms with Gasteiger partial charge in [0.2, 0.25) is 5.95 Å². The van der Waals surface area contributed by atoms with E-state index >= 15 is 0 Å². The maximum Gasteiger partial charge on any atom is 0.239 e. The molecule has 2 aromatic rings. The van der Waals surface area contributed by atoms with Gasteiger partial charge in [-0.3, -0.25) is 0 Å². The van der Waals surface area contributed by atoms with Gasteiger partial charge < -0.3 is 5.73 Å². The molecule has 0 fully saturated rings.